The van der Waals surface area contributed by atoms with Crippen LogP contribution in [0.3, 0.4) is 0 Å². The number of aliphatic hydroxyl groups excluding tert-OH is 1. The summed E-state index contributed by atoms with van der Waals surface area (Å²) in [6, 6.07) is 0. The highest BCUT2D eigenvalue weighted by molar-refractivity contribution is 5.20. The number of hydrogen-bond acceptors (Lipinski definition) is 4. The van der Waals surface area contributed by atoms with Gasteiger partial charge in [0, 0.05) is 24.6 Å². The number of aromatic nitrogens is 2. The second-order valence-electron chi connectivity index (χ2n) is 4.32. The molecule has 1 atom stereocenters. The maximum atomic E-state index is 9.56. The molecule has 0 aliphatic carbocycles. The molecule has 1 aromatic rings. The number of ether oxygens (including phenoxy) is 1. The van der Waals surface area contributed by atoms with E-state index in [9.17, 15) is 5.11 Å². The normalized spacial score (nSPS) is 13.8. The van der Waals surface area contributed by atoms with Crippen molar-refractivity contribution in [3.63, 3.8) is 0 Å². The molecule has 1 rings (SSSR count). The first-order chi connectivity index (χ1) is 8.00. The number of rotatable bonds is 5. The molecule has 0 radical (unpaired) electrons. The highest BCUT2D eigenvalue weighted by Crippen LogP contribution is 2.30. The lowest BCUT2D eigenvalue weighted by atomic mass is 9.95. The van der Waals surface area contributed by atoms with Crippen molar-refractivity contribution in [1.82, 2.24) is 9.97 Å². The summed E-state index contributed by atoms with van der Waals surface area (Å²) in [7, 11) is 1.69. The van der Waals surface area contributed by atoms with Crippen LogP contribution in [0.2, 0.25) is 0 Å². The highest BCUT2D eigenvalue weighted by atomic mass is 16.5. The number of aliphatic hydroxyl groups is 1. The maximum Gasteiger partial charge on any atom is 0.160 e. The summed E-state index contributed by atoms with van der Waals surface area (Å²) >= 11 is 0. The molecule has 1 N–H and O–H groups in total. The third-order valence-corrected chi connectivity index (χ3v) is 3.41. The lowest BCUT2D eigenvalue weighted by molar-refractivity contribution is -0.0294. The molecule has 0 spiro atoms. The average molecular weight is 238 g/mol. The Balaban J connectivity index is 3.20. The Morgan fingerprint density at radius 1 is 1.41 bits per heavy atom. The van der Waals surface area contributed by atoms with Crippen molar-refractivity contribution in [2.24, 2.45) is 0 Å². The first kappa shape index (κ1) is 14.1. The monoisotopic (exact) mass is 238 g/mol. The molecule has 4 nitrogen and oxygen atoms in total. The van der Waals surface area contributed by atoms with E-state index in [1.54, 1.807) is 20.2 Å². The molecule has 0 aliphatic heterocycles. The van der Waals surface area contributed by atoms with Crippen LogP contribution in [0.1, 0.15) is 56.8 Å². The molecule has 0 aromatic carbocycles. The van der Waals surface area contributed by atoms with Gasteiger partial charge >= 0.3 is 0 Å². The Morgan fingerprint density at radius 2 is 2.00 bits per heavy atom. The number of aryl methyl sites for hydroxylation is 1. The summed E-state index contributed by atoms with van der Waals surface area (Å²) < 4.78 is 5.59. The minimum atomic E-state index is -0.538. The standard InChI is InChI=1S/C13H22N2O2/c1-6-13(7-2,17-5)12-14-8-11(10(4)16)9(3)15-12/h8,10,16H,6-7H2,1-5H3. The van der Waals surface area contributed by atoms with Crippen LogP contribution in [0.25, 0.3) is 0 Å². The van der Waals surface area contributed by atoms with Crippen LogP contribution < -0.4 is 0 Å². The molecule has 4 heteroatoms. The molecule has 0 fully saturated rings. The first-order valence-electron chi connectivity index (χ1n) is 6.08. The first-order valence-corrected chi connectivity index (χ1v) is 6.08. The number of hydrogen-bond donors (Lipinski definition) is 1. The summed E-state index contributed by atoms with van der Waals surface area (Å²) in [5.74, 6) is 0.701. The molecule has 0 saturated carbocycles. The van der Waals surface area contributed by atoms with E-state index in [-0.39, 0.29) is 0 Å². The Labute approximate surface area is 103 Å². The lowest BCUT2D eigenvalue weighted by Crippen LogP contribution is -2.30. The Hall–Kier alpha value is -1.00. The van der Waals surface area contributed by atoms with Gasteiger partial charge in [-0.25, -0.2) is 9.97 Å². The quantitative estimate of drug-likeness (QED) is 0.856. The van der Waals surface area contributed by atoms with Crippen LogP contribution in [-0.4, -0.2) is 22.2 Å². The Morgan fingerprint density at radius 3 is 2.35 bits per heavy atom. The largest absolute Gasteiger partial charge is 0.389 e. The topological polar surface area (TPSA) is 55.2 Å². The predicted molar refractivity (Wildman–Crippen MR) is 66.7 cm³/mol. The van der Waals surface area contributed by atoms with Crippen LogP contribution in [-0.2, 0) is 10.3 Å². The molecule has 0 saturated heterocycles. The molecule has 1 heterocycles. The van der Waals surface area contributed by atoms with E-state index in [2.05, 4.69) is 23.8 Å². The predicted octanol–water partition coefficient (Wildman–Crippen LogP) is 2.50. The van der Waals surface area contributed by atoms with Crippen LogP contribution in [0.4, 0.5) is 0 Å². The Kier molecular flexibility index (Phi) is 4.60. The van der Waals surface area contributed by atoms with Gasteiger partial charge in [-0.05, 0) is 26.7 Å². The second-order valence-corrected chi connectivity index (χ2v) is 4.32. The zero-order valence-corrected chi connectivity index (χ0v) is 11.3. The summed E-state index contributed by atoms with van der Waals surface area (Å²) in [5, 5.41) is 9.56. The molecule has 1 unspecified atom stereocenters. The van der Waals surface area contributed by atoms with Gasteiger partial charge in [0.25, 0.3) is 0 Å². The van der Waals surface area contributed by atoms with Gasteiger partial charge in [0.05, 0.1) is 6.10 Å². The van der Waals surface area contributed by atoms with Gasteiger partial charge in [-0.2, -0.15) is 0 Å². The van der Waals surface area contributed by atoms with Crippen molar-refractivity contribution in [3.05, 3.63) is 23.3 Å². The van der Waals surface area contributed by atoms with E-state index in [0.29, 0.717) is 5.82 Å². The van der Waals surface area contributed by atoms with Crippen LogP contribution in [0.15, 0.2) is 6.20 Å². The molecule has 0 bridgehead atoms. The smallest absolute Gasteiger partial charge is 0.160 e. The van der Waals surface area contributed by atoms with Crippen molar-refractivity contribution in [3.8, 4) is 0 Å². The zero-order valence-electron chi connectivity index (χ0n) is 11.3. The van der Waals surface area contributed by atoms with Gasteiger partial charge in [0.2, 0.25) is 0 Å². The molecular formula is C13H22N2O2. The molecule has 0 amide bonds. The van der Waals surface area contributed by atoms with Crippen molar-refractivity contribution < 1.29 is 9.84 Å². The fourth-order valence-corrected chi connectivity index (χ4v) is 2.05. The van der Waals surface area contributed by atoms with Gasteiger partial charge < -0.3 is 9.84 Å². The van der Waals surface area contributed by atoms with Crippen LogP contribution >= 0.6 is 0 Å². The number of methoxy groups -OCH3 is 1. The third-order valence-electron chi connectivity index (χ3n) is 3.41. The van der Waals surface area contributed by atoms with E-state index >= 15 is 0 Å². The zero-order chi connectivity index (χ0) is 13.1. The molecule has 0 aliphatic rings. The van der Waals surface area contributed by atoms with E-state index in [1.165, 1.54) is 0 Å². The fraction of sp³-hybridized carbons (Fsp3) is 0.692. The summed E-state index contributed by atoms with van der Waals surface area (Å²) in [6.45, 7) is 7.73. The minimum Gasteiger partial charge on any atom is -0.389 e. The maximum absolute atomic E-state index is 9.56. The Bertz CT molecular complexity index is 365. The van der Waals surface area contributed by atoms with E-state index < -0.39 is 11.7 Å². The van der Waals surface area contributed by atoms with Gasteiger partial charge in [-0.15, -0.1) is 0 Å². The van der Waals surface area contributed by atoms with Crippen LogP contribution in [0, 0.1) is 6.92 Å². The second kappa shape index (κ2) is 5.56. The molecule has 96 valence electrons. The minimum absolute atomic E-state index is 0.415. The SMILES string of the molecule is CCC(CC)(OC)c1ncc(C(C)O)c(C)n1. The molecule has 1 aromatic heterocycles. The van der Waals surface area contributed by atoms with Gasteiger partial charge in [-0.3, -0.25) is 0 Å². The highest BCUT2D eigenvalue weighted by Gasteiger charge is 2.31. The van der Waals surface area contributed by atoms with Crippen molar-refractivity contribution >= 4 is 0 Å². The van der Waals surface area contributed by atoms with E-state index in [1.807, 2.05) is 6.92 Å². The van der Waals surface area contributed by atoms with Crippen molar-refractivity contribution in [1.29, 1.82) is 0 Å². The van der Waals surface area contributed by atoms with Crippen molar-refractivity contribution in [2.45, 2.75) is 52.2 Å². The number of nitrogens with zero attached hydrogens (tertiary/aromatic N) is 2. The van der Waals surface area contributed by atoms with E-state index in [4.69, 9.17) is 4.74 Å². The van der Waals surface area contributed by atoms with Crippen molar-refractivity contribution in [2.75, 3.05) is 7.11 Å². The van der Waals surface area contributed by atoms with Gasteiger partial charge in [0.15, 0.2) is 5.82 Å². The average Bonchev–Trinajstić information content (AvgIpc) is 2.32. The third kappa shape index (κ3) is 2.64. The summed E-state index contributed by atoms with van der Waals surface area (Å²) in [5.41, 5.74) is 1.17. The van der Waals surface area contributed by atoms with Crippen LogP contribution in [0.5, 0.6) is 0 Å². The van der Waals surface area contributed by atoms with Gasteiger partial charge in [-0.1, -0.05) is 13.8 Å². The summed E-state index contributed by atoms with van der Waals surface area (Å²) in [6.07, 6.45) is 2.81. The summed E-state index contributed by atoms with van der Waals surface area (Å²) in [4.78, 5) is 8.83. The molecular weight excluding hydrogens is 216 g/mol. The lowest BCUT2D eigenvalue weighted by Gasteiger charge is -2.28. The van der Waals surface area contributed by atoms with Gasteiger partial charge in [0.1, 0.15) is 5.60 Å². The fourth-order valence-electron chi connectivity index (χ4n) is 2.05. The van der Waals surface area contributed by atoms with E-state index in [0.717, 1.165) is 24.1 Å². The molecule has 17 heavy (non-hydrogen) atoms.